The molecule has 0 aromatic carbocycles. The van der Waals surface area contributed by atoms with Crippen molar-refractivity contribution in [2.45, 2.75) is 25.6 Å². The molecule has 0 spiro atoms. The molecule has 1 saturated heterocycles. The molecule has 1 aliphatic heterocycles. The molecule has 0 N–H and O–H groups in total. The predicted octanol–water partition coefficient (Wildman–Crippen LogP) is 1.17. The van der Waals surface area contributed by atoms with E-state index in [1.807, 2.05) is 0 Å². The minimum absolute atomic E-state index is 0.00449. The zero-order valence-electron chi connectivity index (χ0n) is 5.98. The minimum Gasteiger partial charge on any atom is -0.336 e. The highest BCUT2D eigenvalue weighted by Gasteiger charge is 2.40. The molecule has 5 heteroatoms. The smallest absolute Gasteiger partial charge is 0.336 e. The van der Waals surface area contributed by atoms with Gasteiger partial charge in [-0.3, -0.25) is 4.79 Å². The molecule has 0 radical (unpaired) electrons. The van der Waals surface area contributed by atoms with Gasteiger partial charge in [0.25, 0.3) is 0 Å². The Labute approximate surface area is 62.0 Å². The van der Waals surface area contributed by atoms with Crippen molar-refractivity contribution in [3.8, 4) is 0 Å². The molecule has 0 saturated carbocycles. The molecule has 1 amide bonds. The summed E-state index contributed by atoms with van der Waals surface area (Å²) in [5.41, 5.74) is 0. The third-order valence-corrected chi connectivity index (χ3v) is 1.53. The monoisotopic (exact) mass is 167 g/mol. The lowest BCUT2D eigenvalue weighted by Gasteiger charge is -2.05. The fraction of sp³-hybridized carbons (Fsp3) is 0.833. The van der Waals surface area contributed by atoms with Crippen LogP contribution in [0.15, 0.2) is 0 Å². The molecular formula is C6H8F3NO. The van der Waals surface area contributed by atoms with Crippen LogP contribution in [0.5, 0.6) is 0 Å². The van der Waals surface area contributed by atoms with Gasteiger partial charge in [-0.25, -0.2) is 0 Å². The van der Waals surface area contributed by atoms with Crippen LogP contribution in [0.1, 0.15) is 13.3 Å². The van der Waals surface area contributed by atoms with Crippen LogP contribution in [0.3, 0.4) is 0 Å². The molecule has 0 aromatic rings. The van der Waals surface area contributed by atoms with E-state index in [9.17, 15) is 18.0 Å². The summed E-state index contributed by atoms with van der Waals surface area (Å²) in [7, 11) is 0. The molecule has 11 heavy (non-hydrogen) atoms. The molecule has 0 bridgehead atoms. The summed E-state index contributed by atoms with van der Waals surface area (Å²) >= 11 is 0. The zero-order valence-corrected chi connectivity index (χ0v) is 5.98. The van der Waals surface area contributed by atoms with Gasteiger partial charge in [-0.1, -0.05) is 0 Å². The quantitative estimate of drug-likeness (QED) is 0.537. The summed E-state index contributed by atoms with van der Waals surface area (Å²) in [6.07, 6.45) is -5.68. The van der Waals surface area contributed by atoms with Crippen LogP contribution in [0, 0.1) is 0 Å². The molecule has 2 nitrogen and oxygen atoms in total. The van der Waals surface area contributed by atoms with E-state index in [0.717, 1.165) is 0 Å². The van der Waals surface area contributed by atoms with Gasteiger partial charge in [-0.05, 0) is 6.92 Å². The third kappa shape index (κ3) is 2.40. The zero-order chi connectivity index (χ0) is 8.65. The van der Waals surface area contributed by atoms with Crippen LogP contribution in [0.2, 0.25) is 0 Å². The number of amides is 1. The maximum absolute atomic E-state index is 11.6. The highest BCUT2D eigenvalue weighted by atomic mass is 19.4. The predicted molar refractivity (Wildman–Crippen MR) is 31.8 cm³/mol. The lowest BCUT2D eigenvalue weighted by Crippen LogP contribution is -2.21. The molecule has 1 fully saturated rings. The summed E-state index contributed by atoms with van der Waals surface area (Å²) in [6, 6.07) is 0.00449. The van der Waals surface area contributed by atoms with E-state index in [-0.39, 0.29) is 6.04 Å². The first-order valence-electron chi connectivity index (χ1n) is 3.26. The standard InChI is InChI=1S/C6H8F3NO/c1-4-3-10(4)5(11)2-6(7,8)9/h4H,2-3H2,1H3. The minimum atomic E-state index is -4.36. The van der Waals surface area contributed by atoms with Gasteiger partial charge in [-0.15, -0.1) is 0 Å². The molecule has 0 aliphatic carbocycles. The van der Waals surface area contributed by atoms with Crippen molar-refractivity contribution in [3.05, 3.63) is 0 Å². The number of halogens is 3. The van der Waals surface area contributed by atoms with Crippen molar-refractivity contribution >= 4 is 5.91 Å². The highest BCUT2D eigenvalue weighted by molar-refractivity contribution is 5.79. The van der Waals surface area contributed by atoms with Crippen LogP contribution in [-0.4, -0.2) is 29.6 Å². The number of carbonyl (C=O) groups excluding carboxylic acids is 1. The van der Waals surface area contributed by atoms with E-state index in [0.29, 0.717) is 6.54 Å². The lowest BCUT2D eigenvalue weighted by molar-refractivity contribution is -0.157. The normalized spacial score (nSPS) is 23.6. The van der Waals surface area contributed by atoms with Crippen molar-refractivity contribution < 1.29 is 18.0 Å². The average Bonchev–Trinajstić information content (AvgIpc) is 2.41. The Kier molecular flexibility index (Phi) is 1.82. The van der Waals surface area contributed by atoms with Gasteiger partial charge in [0.2, 0.25) is 5.91 Å². The van der Waals surface area contributed by atoms with Gasteiger partial charge < -0.3 is 4.90 Å². The van der Waals surface area contributed by atoms with E-state index >= 15 is 0 Å². The fourth-order valence-electron chi connectivity index (χ4n) is 0.858. The number of rotatable bonds is 1. The van der Waals surface area contributed by atoms with Gasteiger partial charge in [0, 0.05) is 12.6 Å². The van der Waals surface area contributed by atoms with Gasteiger partial charge >= 0.3 is 6.18 Å². The summed E-state index contributed by atoms with van der Waals surface area (Å²) in [5, 5.41) is 0. The number of alkyl halides is 3. The second-order valence-electron chi connectivity index (χ2n) is 2.69. The van der Waals surface area contributed by atoms with Crippen LogP contribution >= 0.6 is 0 Å². The Bertz CT molecular complexity index is 177. The van der Waals surface area contributed by atoms with Crippen molar-refractivity contribution in [1.29, 1.82) is 0 Å². The molecule has 0 aromatic heterocycles. The Balaban J connectivity index is 2.33. The molecular weight excluding hydrogens is 159 g/mol. The summed E-state index contributed by atoms with van der Waals surface area (Å²) in [6.45, 7) is 2.18. The lowest BCUT2D eigenvalue weighted by atomic mass is 10.4. The van der Waals surface area contributed by atoms with Gasteiger partial charge in [0.1, 0.15) is 6.42 Å². The second kappa shape index (κ2) is 2.39. The van der Waals surface area contributed by atoms with Gasteiger partial charge in [-0.2, -0.15) is 13.2 Å². The first-order valence-corrected chi connectivity index (χ1v) is 3.26. The first kappa shape index (κ1) is 8.36. The first-order chi connectivity index (χ1) is 4.90. The fourth-order valence-corrected chi connectivity index (χ4v) is 0.858. The van der Waals surface area contributed by atoms with E-state index in [1.54, 1.807) is 6.92 Å². The number of hydrogen-bond donors (Lipinski definition) is 0. The van der Waals surface area contributed by atoms with Gasteiger partial charge in [0.05, 0.1) is 0 Å². The second-order valence-corrected chi connectivity index (χ2v) is 2.69. The Morgan fingerprint density at radius 3 is 2.36 bits per heavy atom. The van der Waals surface area contributed by atoms with Gasteiger partial charge in [0.15, 0.2) is 0 Å². The van der Waals surface area contributed by atoms with Crippen LogP contribution in [-0.2, 0) is 4.79 Å². The van der Waals surface area contributed by atoms with Crippen LogP contribution in [0.4, 0.5) is 13.2 Å². The van der Waals surface area contributed by atoms with E-state index < -0.39 is 18.5 Å². The van der Waals surface area contributed by atoms with Crippen molar-refractivity contribution in [2.24, 2.45) is 0 Å². The average molecular weight is 167 g/mol. The number of carbonyl (C=O) groups is 1. The van der Waals surface area contributed by atoms with Crippen molar-refractivity contribution in [1.82, 2.24) is 4.90 Å². The SMILES string of the molecule is CC1CN1C(=O)CC(F)(F)F. The Morgan fingerprint density at radius 1 is 1.64 bits per heavy atom. The van der Waals surface area contributed by atoms with Crippen molar-refractivity contribution in [2.75, 3.05) is 6.54 Å². The topological polar surface area (TPSA) is 20.1 Å². The van der Waals surface area contributed by atoms with E-state index in [4.69, 9.17) is 0 Å². The molecule has 1 aliphatic rings. The molecule has 1 unspecified atom stereocenters. The van der Waals surface area contributed by atoms with Crippen molar-refractivity contribution in [3.63, 3.8) is 0 Å². The van der Waals surface area contributed by atoms with Crippen LogP contribution in [0.25, 0.3) is 0 Å². The molecule has 1 heterocycles. The molecule has 1 atom stereocenters. The number of hydrogen-bond acceptors (Lipinski definition) is 1. The maximum atomic E-state index is 11.6. The highest BCUT2D eigenvalue weighted by Crippen LogP contribution is 2.25. The summed E-state index contributed by atoms with van der Waals surface area (Å²) in [5.74, 6) is -0.815. The Morgan fingerprint density at radius 2 is 2.09 bits per heavy atom. The summed E-state index contributed by atoms with van der Waals surface area (Å²) < 4.78 is 34.7. The maximum Gasteiger partial charge on any atom is 0.397 e. The largest absolute Gasteiger partial charge is 0.397 e. The summed E-state index contributed by atoms with van der Waals surface area (Å²) in [4.78, 5) is 11.8. The van der Waals surface area contributed by atoms with E-state index in [1.165, 1.54) is 4.90 Å². The number of nitrogens with zero attached hydrogens (tertiary/aromatic N) is 1. The molecule has 64 valence electrons. The third-order valence-electron chi connectivity index (χ3n) is 1.53. The molecule has 1 rings (SSSR count). The van der Waals surface area contributed by atoms with Crippen LogP contribution < -0.4 is 0 Å². The van der Waals surface area contributed by atoms with E-state index in [2.05, 4.69) is 0 Å². The Hall–Kier alpha value is -0.740.